The van der Waals surface area contributed by atoms with Crippen LogP contribution in [-0.2, 0) is 6.54 Å². The molecule has 0 saturated carbocycles. The number of carbonyl (C=O) groups excluding carboxylic acids is 1. The molecule has 0 unspecified atom stereocenters. The number of benzene rings is 1. The molecule has 8 heteroatoms. The highest BCUT2D eigenvalue weighted by atomic mass is 35.5. The van der Waals surface area contributed by atoms with Crippen LogP contribution >= 0.6 is 23.7 Å². The Morgan fingerprint density at radius 2 is 1.83 bits per heavy atom. The fraction of sp³-hybridized carbons (Fsp3) is 0.333. The van der Waals surface area contributed by atoms with Gasteiger partial charge in [0.15, 0.2) is 5.13 Å². The Morgan fingerprint density at radius 1 is 1.17 bits per heavy atom. The summed E-state index contributed by atoms with van der Waals surface area (Å²) in [4.78, 5) is 21.1. The van der Waals surface area contributed by atoms with Crippen LogP contribution in [0, 0.1) is 0 Å². The van der Waals surface area contributed by atoms with Crippen LogP contribution in [0.4, 0.5) is 10.8 Å². The van der Waals surface area contributed by atoms with Crippen LogP contribution in [0.5, 0.6) is 0 Å². The fourth-order valence-electron chi connectivity index (χ4n) is 2.62. The zero-order valence-electron chi connectivity index (χ0n) is 12.6. The average molecular weight is 354 g/mol. The van der Waals surface area contributed by atoms with Crippen molar-refractivity contribution in [2.45, 2.75) is 6.54 Å². The number of hydrogen-bond acceptors (Lipinski definition) is 6. The summed E-state index contributed by atoms with van der Waals surface area (Å²) < 4.78 is 0. The van der Waals surface area contributed by atoms with Crippen LogP contribution in [0.3, 0.4) is 0 Å². The number of rotatable bonds is 4. The van der Waals surface area contributed by atoms with E-state index in [1.54, 1.807) is 23.5 Å². The first-order chi connectivity index (χ1) is 10.6. The number of carbonyl (C=O) groups is 1. The van der Waals surface area contributed by atoms with Crippen molar-refractivity contribution in [1.82, 2.24) is 9.88 Å². The lowest BCUT2D eigenvalue weighted by atomic mass is 10.1. The van der Waals surface area contributed by atoms with E-state index in [1.807, 2.05) is 18.3 Å². The van der Waals surface area contributed by atoms with Gasteiger partial charge in [-0.05, 0) is 24.3 Å². The summed E-state index contributed by atoms with van der Waals surface area (Å²) >= 11 is 1.55. The molecule has 23 heavy (non-hydrogen) atoms. The first-order valence-electron chi connectivity index (χ1n) is 7.19. The second kappa shape index (κ2) is 7.63. The number of nitrogens with two attached hydrogens (primary N) is 2. The highest BCUT2D eigenvalue weighted by molar-refractivity contribution is 7.15. The summed E-state index contributed by atoms with van der Waals surface area (Å²) in [6, 6.07) is 7.48. The van der Waals surface area contributed by atoms with Gasteiger partial charge in [-0.25, -0.2) is 4.98 Å². The summed E-state index contributed by atoms with van der Waals surface area (Å²) in [5.41, 5.74) is 12.6. The Hall–Kier alpha value is -1.83. The lowest BCUT2D eigenvalue weighted by Crippen LogP contribution is -2.45. The molecule has 1 fully saturated rings. The molecular weight excluding hydrogens is 334 g/mol. The van der Waals surface area contributed by atoms with Gasteiger partial charge in [0, 0.05) is 55.0 Å². The van der Waals surface area contributed by atoms with Crippen LogP contribution in [0.25, 0.3) is 0 Å². The van der Waals surface area contributed by atoms with Gasteiger partial charge >= 0.3 is 0 Å². The molecule has 0 aliphatic carbocycles. The van der Waals surface area contributed by atoms with E-state index in [2.05, 4.69) is 14.8 Å². The Bertz CT molecular complexity index is 652. The Balaban J connectivity index is 0.00000192. The second-order valence-electron chi connectivity index (χ2n) is 5.34. The van der Waals surface area contributed by atoms with Crippen molar-refractivity contribution in [2.75, 3.05) is 36.8 Å². The molecule has 1 aromatic heterocycles. The van der Waals surface area contributed by atoms with Crippen molar-refractivity contribution in [1.29, 1.82) is 0 Å². The molecule has 1 aromatic carbocycles. The number of piperazine rings is 1. The zero-order valence-corrected chi connectivity index (χ0v) is 14.3. The minimum absolute atomic E-state index is 0. The van der Waals surface area contributed by atoms with E-state index in [0.717, 1.165) is 38.4 Å². The lowest BCUT2D eigenvalue weighted by molar-refractivity contribution is 0.100. The molecule has 4 N–H and O–H groups in total. The second-order valence-corrected chi connectivity index (χ2v) is 6.49. The van der Waals surface area contributed by atoms with Gasteiger partial charge in [-0.3, -0.25) is 9.69 Å². The van der Waals surface area contributed by atoms with Crippen LogP contribution < -0.4 is 16.4 Å². The summed E-state index contributed by atoms with van der Waals surface area (Å²) in [6.07, 6.45) is 1.86. The van der Waals surface area contributed by atoms with Crippen LogP contribution in [0.15, 0.2) is 30.5 Å². The van der Waals surface area contributed by atoms with Crippen molar-refractivity contribution in [3.63, 3.8) is 0 Å². The molecule has 1 amide bonds. The number of aromatic nitrogens is 1. The maximum Gasteiger partial charge on any atom is 0.248 e. The van der Waals surface area contributed by atoms with Crippen molar-refractivity contribution in [3.05, 3.63) is 40.9 Å². The molecule has 2 aromatic rings. The summed E-state index contributed by atoms with van der Waals surface area (Å²) in [7, 11) is 0. The maximum atomic E-state index is 11.1. The molecule has 1 aliphatic rings. The minimum Gasteiger partial charge on any atom is -0.375 e. The molecule has 0 bridgehead atoms. The number of nitrogen functional groups attached to an aromatic ring is 1. The topological polar surface area (TPSA) is 88.5 Å². The van der Waals surface area contributed by atoms with E-state index >= 15 is 0 Å². The molecule has 3 rings (SSSR count). The fourth-order valence-corrected chi connectivity index (χ4v) is 3.34. The molecule has 124 valence electrons. The summed E-state index contributed by atoms with van der Waals surface area (Å²) in [5, 5.41) is 0.628. The van der Waals surface area contributed by atoms with E-state index in [9.17, 15) is 4.79 Å². The zero-order chi connectivity index (χ0) is 15.5. The predicted octanol–water partition coefficient (Wildman–Crippen LogP) is 1.57. The van der Waals surface area contributed by atoms with E-state index in [1.165, 1.54) is 4.88 Å². The molecule has 2 heterocycles. The number of primary amides is 1. The monoisotopic (exact) mass is 353 g/mol. The van der Waals surface area contributed by atoms with Gasteiger partial charge in [-0.1, -0.05) is 0 Å². The van der Waals surface area contributed by atoms with Crippen LogP contribution in [0.1, 0.15) is 15.2 Å². The SMILES string of the molecule is Cl.NC(=O)c1ccc(N2CCN(Cc3cnc(N)s3)CC2)cc1. The van der Waals surface area contributed by atoms with Gasteiger partial charge in [-0.15, -0.1) is 23.7 Å². The quantitative estimate of drug-likeness (QED) is 0.871. The van der Waals surface area contributed by atoms with Crippen molar-refractivity contribution >= 4 is 40.5 Å². The van der Waals surface area contributed by atoms with Crippen molar-refractivity contribution < 1.29 is 4.79 Å². The molecule has 0 radical (unpaired) electrons. The predicted molar refractivity (Wildman–Crippen MR) is 96.2 cm³/mol. The van der Waals surface area contributed by atoms with Crippen molar-refractivity contribution in [3.8, 4) is 0 Å². The Morgan fingerprint density at radius 3 is 2.35 bits per heavy atom. The molecule has 1 saturated heterocycles. The van der Waals surface area contributed by atoms with Gasteiger partial charge in [0.05, 0.1) is 0 Å². The first kappa shape index (κ1) is 17.5. The molecular formula is C15H20ClN5OS. The standard InChI is InChI=1S/C15H19N5OS.ClH/c16-14(21)11-1-3-12(4-2-11)20-7-5-19(6-8-20)10-13-9-18-15(17)22-13;/h1-4,9H,5-8,10H2,(H2,16,21)(H2,17,18);1H. The summed E-state index contributed by atoms with van der Waals surface area (Å²) in [5.74, 6) is -0.389. The highest BCUT2D eigenvalue weighted by Gasteiger charge is 2.18. The van der Waals surface area contributed by atoms with Gasteiger partial charge in [0.25, 0.3) is 0 Å². The largest absolute Gasteiger partial charge is 0.375 e. The molecule has 0 atom stereocenters. The van der Waals surface area contributed by atoms with E-state index in [0.29, 0.717) is 10.7 Å². The Labute approximate surface area is 145 Å². The smallest absolute Gasteiger partial charge is 0.248 e. The molecule has 1 aliphatic heterocycles. The molecule has 0 spiro atoms. The first-order valence-corrected chi connectivity index (χ1v) is 8.01. The lowest BCUT2D eigenvalue weighted by Gasteiger charge is -2.35. The van der Waals surface area contributed by atoms with Gasteiger partial charge in [0.1, 0.15) is 0 Å². The third-order valence-corrected chi connectivity index (χ3v) is 4.65. The van der Waals surface area contributed by atoms with Crippen LogP contribution in [0.2, 0.25) is 0 Å². The van der Waals surface area contributed by atoms with Gasteiger partial charge in [0.2, 0.25) is 5.91 Å². The van der Waals surface area contributed by atoms with E-state index in [4.69, 9.17) is 11.5 Å². The number of amides is 1. The number of nitrogens with zero attached hydrogens (tertiary/aromatic N) is 3. The third-order valence-electron chi connectivity index (χ3n) is 3.84. The van der Waals surface area contributed by atoms with E-state index < -0.39 is 0 Å². The minimum atomic E-state index is -0.389. The number of hydrogen-bond donors (Lipinski definition) is 2. The summed E-state index contributed by atoms with van der Waals surface area (Å²) in [6.45, 7) is 4.82. The van der Waals surface area contributed by atoms with Gasteiger partial charge < -0.3 is 16.4 Å². The van der Waals surface area contributed by atoms with Crippen LogP contribution in [-0.4, -0.2) is 42.0 Å². The highest BCUT2D eigenvalue weighted by Crippen LogP contribution is 2.20. The van der Waals surface area contributed by atoms with Crippen molar-refractivity contribution in [2.24, 2.45) is 5.73 Å². The normalized spacial score (nSPS) is 15.2. The average Bonchev–Trinajstić information content (AvgIpc) is 2.93. The number of anilines is 2. The number of halogens is 1. The maximum absolute atomic E-state index is 11.1. The molecule has 6 nitrogen and oxygen atoms in total. The van der Waals surface area contributed by atoms with Gasteiger partial charge in [-0.2, -0.15) is 0 Å². The third kappa shape index (κ3) is 4.34. The number of thiazole rings is 1. The Kier molecular flexibility index (Phi) is 5.81. The van der Waals surface area contributed by atoms with E-state index in [-0.39, 0.29) is 18.3 Å².